The summed E-state index contributed by atoms with van der Waals surface area (Å²) in [6, 6.07) is 1.04. The van der Waals surface area contributed by atoms with Gasteiger partial charge >= 0.3 is 0 Å². The van der Waals surface area contributed by atoms with Gasteiger partial charge in [0.1, 0.15) is 0 Å². The number of nitrogens with zero attached hydrogens (tertiary/aromatic N) is 1. The molecule has 0 radical (unpaired) electrons. The van der Waals surface area contributed by atoms with E-state index in [1.54, 1.807) is 0 Å². The first-order chi connectivity index (χ1) is 8.88. The highest BCUT2D eigenvalue weighted by atomic mass is 15.3. The molecule has 4 nitrogen and oxygen atoms in total. The fraction of sp³-hybridized carbons (Fsp3) is 0.929. The van der Waals surface area contributed by atoms with E-state index in [0.717, 1.165) is 5.96 Å². The molecular formula is C14H28N4. The average Bonchev–Trinajstić information content (AvgIpc) is 2.84. The predicted octanol–water partition coefficient (Wildman–Crippen LogP) is 2.45. The van der Waals surface area contributed by atoms with Crippen LogP contribution >= 0.6 is 0 Å². The van der Waals surface area contributed by atoms with Crippen molar-refractivity contribution >= 4 is 5.96 Å². The highest BCUT2D eigenvalue weighted by Gasteiger charge is 2.16. The lowest BCUT2D eigenvalue weighted by molar-refractivity contribution is 0.424. The molecule has 0 saturated heterocycles. The summed E-state index contributed by atoms with van der Waals surface area (Å²) < 4.78 is 0. The third-order valence-corrected chi connectivity index (χ3v) is 4.22. The van der Waals surface area contributed by atoms with Crippen LogP contribution in [-0.4, -0.2) is 18.0 Å². The summed E-state index contributed by atoms with van der Waals surface area (Å²) in [5.41, 5.74) is 2.75. The third-order valence-electron chi connectivity index (χ3n) is 4.22. The highest BCUT2D eigenvalue weighted by Crippen LogP contribution is 2.21. The summed E-state index contributed by atoms with van der Waals surface area (Å²) in [7, 11) is 0. The maximum atomic E-state index is 5.59. The summed E-state index contributed by atoms with van der Waals surface area (Å²) >= 11 is 0. The lowest BCUT2D eigenvalue weighted by atomic mass is 9.97. The van der Waals surface area contributed by atoms with Gasteiger partial charge < -0.3 is 5.32 Å². The molecule has 2 aliphatic carbocycles. The number of hydrogen-bond acceptors (Lipinski definition) is 2. The molecule has 0 aromatic rings. The van der Waals surface area contributed by atoms with Gasteiger partial charge in [-0.3, -0.25) is 5.43 Å². The Balaban J connectivity index is 1.83. The van der Waals surface area contributed by atoms with Gasteiger partial charge in [-0.15, -0.1) is 0 Å². The van der Waals surface area contributed by atoms with Crippen LogP contribution in [0.2, 0.25) is 0 Å². The van der Waals surface area contributed by atoms with Crippen molar-refractivity contribution in [1.82, 2.24) is 10.7 Å². The summed E-state index contributed by atoms with van der Waals surface area (Å²) in [6.07, 6.45) is 14.4. The standard InChI is InChI=1S/C14H28N4/c15-18-14(17-13-10-6-7-11-13)16-12-8-4-2-1-3-5-9-12/h12-13H,1-11,15H2,(H2,16,17,18). The molecule has 0 unspecified atom stereocenters. The van der Waals surface area contributed by atoms with E-state index >= 15 is 0 Å². The fourth-order valence-corrected chi connectivity index (χ4v) is 3.13. The van der Waals surface area contributed by atoms with E-state index in [2.05, 4.69) is 10.7 Å². The van der Waals surface area contributed by atoms with Crippen molar-refractivity contribution in [3.8, 4) is 0 Å². The first kappa shape index (κ1) is 13.7. The molecule has 2 rings (SSSR count). The van der Waals surface area contributed by atoms with E-state index < -0.39 is 0 Å². The maximum Gasteiger partial charge on any atom is 0.206 e. The second-order valence-corrected chi connectivity index (χ2v) is 5.75. The summed E-state index contributed by atoms with van der Waals surface area (Å²) in [5.74, 6) is 6.41. The van der Waals surface area contributed by atoms with E-state index in [1.807, 2.05) is 0 Å². The fourth-order valence-electron chi connectivity index (χ4n) is 3.13. The highest BCUT2D eigenvalue weighted by molar-refractivity contribution is 5.79. The monoisotopic (exact) mass is 252 g/mol. The molecule has 0 heterocycles. The molecule has 4 N–H and O–H groups in total. The Morgan fingerprint density at radius 1 is 0.833 bits per heavy atom. The Hall–Kier alpha value is -0.770. The quantitative estimate of drug-likeness (QED) is 0.306. The Bertz CT molecular complexity index is 251. The second-order valence-electron chi connectivity index (χ2n) is 5.75. The molecule has 0 amide bonds. The first-order valence-electron chi connectivity index (χ1n) is 7.69. The molecule has 4 heteroatoms. The average molecular weight is 252 g/mol. The summed E-state index contributed by atoms with van der Waals surface area (Å²) in [6.45, 7) is 0. The van der Waals surface area contributed by atoms with Crippen molar-refractivity contribution in [1.29, 1.82) is 0 Å². The molecule has 2 aliphatic rings. The van der Waals surface area contributed by atoms with E-state index in [0.29, 0.717) is 12.1 Å². The van der Waals surface area contributed by atoms with Crippen LogP contribution in [-0.2, 0) is 0 Å². The van der Waals surface area contributed by atoms with Crippen molar-refractivity contribution < 1.29 is 0 Å². The minimum absolute atomic E-state index is 0.483. The number of nitrogens with two attached hydrogens (primary N) is 1. The van der Waals surface area contributed by atoms with Gasteiger partial charge in [-0.2, -0.15) is 0 Å². The van der Waals surface area contributed by atoms with Crippen molar-refractivity contribution in [3.63, 3.8) is 0 Å². The van der Waals surface area contributed by atoms with Gasteiger partial charge in [0.2, 0.25) is 5.96 Å². The zero-order valence-corrected chi connectivity index (χ0v) is 11.5. The maximum absolute atomic E-state index is 5.59. The van der Waals surface area contributed by atoms with Crippen molar-refractivity contribution in [2.24, 2.45) is 10.8 Å². The van der Waals surface area contributed by atoms with Crippen LogP contribution < -0.4 is 16.6 Å². The molecule has 0 aromatic carbocycles. The minimum Gasteiger partial charge on any atom is -0.353 e. The van der Waals surface area contributed by atoms with E-state index in [-0.39, 0.29) is 0 Å². The lowest BCUT2D eigenvalue weighted by Gasteiger charge is -2.23. The van der Waals surface area contributed by atoms with Crippen LogP contribution in [0.25, 0.3) is 0 Å². The number of nitrogens with one attached hydrogen (secondary N) is 2. The summed E-state index contributed by atoms with van der Waals surface area (Å²) in [5, 5.41) is 3.51. The lowest BCUT2D eigenvalue weighted by Crippen LogP contribution is -2.47. The van der Waals surface area contributed by atoms with Crippen LogP contribution in [0.5, 0.6) is 0 Å². The molecule has 2 fully saturated rings. The van der Waals surface area contributed by atoms with E-state index in [9.17, 15) is 0 Å². The smallest absolute Gasteiger partial charge is 0.206 e. The van der Waals surface area contributed by atoms with Crippen LogP contribution in [0.3, 0.4) is 0 Å². The molecule has 0 aliphatic heterocycles. The molecule has 0 atom stereocenters. The second kappa shape index (κ2) is 7.62. The van der Waals surface area contributed by atoms with E-state index in [1.165, 1.54) is 70.6 Å². The zero-order chi connectivity index (χ0) is 12.6. The Morgan fingerprint density at radius 2 is 1.39 bits per heavy atom. The molecule has 2 saturated carbocycles. The van der Waals surface area contributed by atoms with Crippen molar-refractivity contribution in [2.45, 2.75) is 82.7 Å². The van der Waals surface area contributed by atoms with Crippen LogP contribution in [0.1, 0.15) is 70.6 Å². The number of rotatable bonds is 2. The number of guanidine groups is 1. The number of aliphatic imine (C=N–C) groups is 1. The van der Waals surface area contributed by atoms with Crippen molar-refractivity contribution in [2.75, 3.05) is 0 Å². The Kier molecular flexibility index (Phi) is 5.78. The van der Waals surface area contributed by atoms with Gasteiger partial charge in [0, 0.05) is 6.04 Å². The minimum atomic E-state index is 0.483. The van der Waals surface area contributed by atoms with Crippen LogP contribution in [0.4, 0.5) is 0 Å². The molecule has 0 spiro atoms. The van der Waals surface area contributed by atoms with Gasteiger partial charge in [0.15, 0.2) is 0 Å². The van der Waals surface area contributed by atoms with Gasteiger partial charge in [-0.25, -0.2) is 10.8 Å². The van der Waals surface area contributed by atoms with Gasteiger partial charge in [0.25, 0.3) is 0 Å². The SMILES string of the molecule is NNC(=NC1CCCC1)NC1CCCCCCC1. The predicted molar refractivity (Wildman–Crippen MR) is 76.3 cm³/mol. The van der Waals surface area contributed by atoms with Gasteiger partial charge in [-0.1, -0.05) is 44.9 Å². The summed E-state index contributed by atoms with van der Waals surface area (Å²) in [4.78, 5) is 4.71. The van der Waals surface area contributed by atoms with Crippen molar-refractivity contribution in [3.05, 3.63) is 0 Å². The number of hydrogen-bond donors (Lipinski definition) is 3. The third kappa shape index (κ3) is 4.48. The topological polar surface area (TPSA) is 62.4 Å². The molecule has 18 heavy (non-hydrogen) atoms. The largest absolute Gasteiger partial charge is 0.353 e. The first-order valence-corrected chi connectivity index (χ1v) is 7.69. The molecule has 0 aromatic heterocycles. The molecule has 104 valence electrons. The molecule has 0 bridgehead atoms. The van der Waals surface area contributed by atoms with E-state index in [4.69, 9.17) is 10.8 Å². The van der Waals surface area contributed by atoms with Crippen LogP contribution in [0.15, 0.2) is 4.99 Å². The Labute approximate surface area is 111 Å². The number of hydrazine groups is 1. The Morgan fingerprint density at radius 3 is 2.00 bits per heavy atom. The molecular weight excluding hydrogens is 224 g/mol. The van der Waals surface area contributed by atoms with Gasteiger partial charge in [0.05, 0.1) is 6.04 Å². The van der Waals surface area contributed by atoms with Crippen LogP contribution in [0, 0.1) is 0 Å². The van der Waals surface area contributed by atoms with Gasteiger partial charge in [-0.05, 0) is 25.7 Å². The normalized spacial score (nSPS) is 24.6. The zero-order valence-electron chi connectivity index (χ0n) is 11.5.